The highest BCUT2D eigenvalue weighted by Crippen LogP contribution is 2.22. The molecule has 0 spiro atoms. The van der Waals surface area contributed by atoms with E-state index in [-0.39, 0.29) is 24.8 Å². The molecule has 1 aliphatic heterocycles. The molecule has 1 aliphatic rings. The molecule has 6 heteroatoms. The number of aryl methyl sites for hydroxylation is 2. The molecule has 0 amide bonds. The lowest BCUT2D eigenvalue weighted by molar-refractivity contribution is -0.933. The lowest BCUT2D eigenvalue weighted by atomic mass is 10.00. The summed E-state index contributed by atoms with van der Waals surface area (Å²) in [7, 11) is 3.43. The maximum absolute atomic E-state index is 6.40. The van der Waals surface area contributed by atoms with Crippen molar-refractivity contribution >= 4 is 12.4 Å². The number of methoxy groups -OCH3 is 2. The Morgan fingerprint density at radius 1 is 0.839 bits per heavy atom. The molecule has 4 nitrogen and oxygen atoms in total. The zero-order valence-corrected chi connectivity index (χ0v) is 20.5. The van der Waals surface area contributed by atoms with Crippen molar-refractivity contribution in [3.05, 3.63) is 59.7 Å². The van der Waals surface area contributed by atoms with Crippen molar-refractivity contribution in [1.82, 2.24) is 0 Å². The third-order valence-electron chi connectivity index (χ3n) is 6.34. The van der Waals surface area contributed by atoms with Crippen LogP contribution in [0, 0.1) is 0 Å². The van der Waals surface area contributed by atoms with Crippen LogP contribution >= 0.6 is 12.4 Å². The first-order chi connectivity index (χ1) is 14.1. The second kappa shape index (κ2) is 13.8. The van der Waals surface area contributed by atoms with Gasteiger partial charge in [0.25, 0.3) is 0 Å². The molecule has 1 heterocycles. The summed E-state index contributed by atoms with van der Waals surface area (Å²) in [6, 6.07) is 17.4. The van der Waals surface area contributed by atoms with E-state index in [1.165, 1.54) is 60.9 Å². The van der Waals surface area contributed by atoms with Crippen LogP contribution in [-0.2, 0) is 12.8 Å². The van der Waals surface area contributed by atoms with Crippen LogP contribution in [0.3, 0.4) is 0 Å². The summed E-state index contributed by atoms with van der Waals surface area (Å²) in [5.74, 6) is 1.86. The number of quaternary nitrogens is 1. The van der Waals surface area contributed by atoms with E-state index in [0.29, 0.717) is 6.04 Å². The fraction of sp³-hybridized carbons (Fsp3) is 0.520. The third kappa shape index (κ3) is 8.53. The average Bonchev–Trinajstić information content (AvgIpc) is 2.75. The van der Waals surface area contributed by atoms with Gasteiger partial charge in [0.1, 0.15) is 11.5 Å². The van der Waals surface area contributed by atoms with Gasteiger partial charge in [-0.2, -0.15) is 0 Å². The molecule has 2 aromatic carbocycles. The van der Waals surface area contributed by atoms with Gasteiger partial charge >= 0.3 is 0 Å². The number of hydrogen-bond donors (Lipinski definition) is 1. The van der Waals surface area contributed by atoms with Crippen molar-refractivity contribution < 1.29 is 26.4 Å². The van der Waals surface area contributed by atoms with Crippen LogP contribution in [0.15, 0.2) is 48.5 Å². The van der Waals surface area contributed by atoms with E-state index in [4.69, 9.17) is 15.2 Å². The summed E-state index contributed by atoms with van der Waals surface area (Å²) in [5.41, 5.74) is 9.18. The van der Waals surface area contributed by atoms with Gasteiger partial charge in [0.2, 0.25) is 0 Å². The number of benzene rings is 2. The van der Waals surface area contributed by atoms with E-state index in [1.54, 1.807) is 14.2 Å². The van der Waals surface area contributed by atoms with Crippen molar-refractivity contribution in [2.45, 2.75) is 44.6 Å². The molecule has 1 atom stereocenters. The Kier molecular flexibility index (Phi) is 12.3. The fourth-order valence-electron chi connectivity index (χ4n) is 4.71. The molecule has 0 unspecified atom stereocenters. The van der Waals surface area contributed by atoms with Gasteiger partial charge in [0.15, 0.2) is 0 Å². The summed E-state index contributed by atoms with van der Waals surface area (Å²) in [6.07, 6.45) is 7.10. The molecule has 0 radical (unpaired) electrons. The molecule has 0 aliphatic carbocycles. The molecule has 3 rings (SSSR count). The minimum atomic E-state index is 0. The normalized spacial score (nSPS) is 17.2. The monoisotopic (exact) mass is 468 g/mol. The van der Waals surface area contributed by atoms with Crippen LogP contribution in [0.5, 0.6) is 11.5 Å². The van der Waals surface area contributed by atoms with Crippen LogP contribution in [0.1, 0.15) is 36.8 Å². The van der Waals surface area contributed by atoms with Gasteiger partial charge in [0, 0.05) is 12.8 Å². The molecule has 1 fully saturated rings. The number of piperidine rings is 1. The van der Waals surface area contributed by atoms with Crippen LogP contribution in [0.2, 0.25) is 0 Å². The largest absolute Gasteiger partial charge is 1.00 e. The van der Waals surface area contributed by atoms with Gasteiger partial charge in [0.05, 0.1) is 46.4 Å². The number of hydrogen-bond acceptors (Lipinski definition) is 3. The molecule has 31 heavy (non-hydrogen) atoms. The van der Waals surface area contributed by atoms with E-state index in [2.05, 4.69) is 48.5 Å². The van der Waals surface area contributed by atoms with Crippen LogP contribution < -0.4 is 27.6 Å². The minimum Gasteiger partial charge on any atom is -1.00 e. The van der Waals surface area contributed by atoms with Crippen molar-refractivity contribution in [3.63, 3.8) is 0 Å². The minimum absolute atomic E-state index is 0. The zero-order valence-electron chi connectivity index (χ0n) is 18.9. The van der Waals surface area contributed by atoms with E-state index in [9.17, 15) is 0 Å². The second-order valence-electron chi connectivity index (χ2n) is 8.50. The van der Waals surface area contributed by atoms with Gasteiger partial charge in [-0.15, -0.1) is 12.4 Å². The number of ether oxygens (including phenoxy) is 2. The highest BCUT2D eigenvalue weighted by atomic mass is 35.5. The van der Waals surface area contributed by atoms with Gasteiger partial charge in [-0.05, 0) is 61.1 Å². The summed E-state index contributed by atoms with van der Waals surface area (Å²) >= 11 is 0. The highest BCUT2D eigenvalue weighted by Gasteiger charge is 2.32. The summed E-state index contributed by atoms with van der Waals surface area (Å²) in [5, 5.41) is 0. The lowest BCUT2D eigenvalue weighted by Crippen LogP contribution is -3.00. The third-order valence-corrected chi connectivity index (χ3v) is 6.34. The molecule has 174 valence electrons. The Morgan fingerprint density at radius 2 is 1.29 bits per heavy atom. The van der Waals surface area contributed by atoms with E-state index in [0.717, 1.165) is 30.9 Å². The number of likely N-dealkylation sites (tertiary alicyclic amines) is 1. The maximum Gasteiger partial charge on any atom is 0.118 e. The molecule has 2 aromatic rings. The van der Waals surface area contributed by atoms with Crippen LogP contribution in [0.25, 0.3) is 0 Å². The molecule has 0 saturated carbocycles. The van der Waals surface area contributed by atoms with Gasteiger partial charge in [-0.3, -0.25) is 0 Å². The van der Waals surface area contributed by atoms with Crippen molar-refractivity contribution in [3.8, 4) is 11.5 Å². The van der Waals surface area contributed by atoms with E-state index in [1.807, 2.05) is 0 Å². The first-order valence-corrected chi connectivity index (χ1v) is 11.0. The fourth-order valence-corrected chi connectivity index (χ4v) is 4.71. The number of nitrogens with two attached hydrogens (primary N) is 1. The molecular weight excluding hydrogens is 431 g/mol. The van der Waals surface area contributed by atoms with E-state index >= 15 is 0 Å². The van der Waals surface area contributed by atoms with Crippen molar-refractivity contribution in [2.75, 3.05) is 40.4 Å². The smallest absolute Gasteiger partial charge is 0.118 e. The summed E-state index contributed by atoms with van der Waals surface area (Å²) in [4.78, 5) is 0. The quantitative estimate of drug-likeness (QED) is 0.538. The zero-order chi connectivity index (χ0) is 20.5. The van der Waals surface area contributed by atoms with Crippen molar-refractivity contribution in [1.29, 1.82) is 0 Å². The standard InChI is InChI=1S/C25H37N2O2.2ClH/c1-28-24-13-9-21(10-14-24)6-3-17-27(19-5-8-23(26)20-27)18-4-7-22-11-15-25(29-2)16-12-22;;/h9-16,23H,3-8,17-20,26H2,1-2H3;2*1H/q+1;;/p-1/t23-;;/m1../s1. The predicted octanol–water partition coefficient (Wildman–Crippen LogP) is 1.63. The molecule has 1 saturated heterocycles. The van der Waals surface area contributed by atoms with E-state index < -0.39 is 0 Å². The Balaban J connectivity index is 0.00000240. The van der Waals surface area contributed by atoms with Crippen LogP contribution in [-0.4, -0.2) is 50.9 Å². The Hall–Kier alpha value is -1.46. The number of halogens is 2. The Labute approximate surface area is 200 Å². The average molecular weight is 469 g/mol. The second-order valence-corrected chi connectivity index (χ2v) is 8.50. The maximum atomic E-state index is 6.40. The van der Waals surface area contributed by atoms with Gasteiger partial charge in [-0.25, -0.2) is 0 Å². The molecular formula is C25H38Cl2N2O2. The Morgan fingerprint density at radius 3 is 1.68 bits per heavy atom. The molecule has 2 N–H and O–H groups in total. The molecule has 0 aromatic heterocycles. The van der Waals surface area contributed by atoms with Crippen molar-refractivity contribution in [2.24, 2.45) is 5.73 Å². The SMILES string of the molecule is COc1ccc(CCC[N+]2(CCCc3ccc(OC)cc3)CCC[C@@H](N)C2)cc1.Cl.[Cl-]. The number of nitrogens with zero attached hydrogens (tertiary/aromatic N) is 1. The van der Waals surface area contributed by atoms with Gasteiger partial charge < -0.3 is 32.1 Å². The van der Waals surface area contributed by atoms with Crippen LogP contribution in [0.4, 0.5) is 0 Å². The number of rotatable bonds is 10. The first kappa shape index (κ1) is 27.6. The lowest BCUT2D eigenvalue weighted by Gasteiger charge is -2.44. The Bertz CT molecular complexity index is 685. The highest BCUT2D eigenvalue weighted by molar-refractivity contribution is 5.85. The predicted molar refractivity (Wildman–Crippen MR) is 127 cm³/mol. The summed E-state index contributed by atoms with van der Waals surface area (Å²) < 4.78 is 11.7. The molecule has 0 bridgehead atoms. The van der Waals surface area contributed by atoms with Gasteiger partial charge in [-0.1, -0.05) is 24.3 Å². The topological polar surface area (TPSA) is 44.5 Å². The first-order valence-electron chi connectivity index (χ1n) is 11.0. The summed E-state index contributed by atoms with van der Waals surface area (Å²) in [6.45, 7) is 4.86.